The first-order valence-corrected chi connectivity index (χ1v) is 5.88. The first kappa shape index (κ1) is 12.7. The van der Waals surface area contributed by atoms with Gasteiger partial charge in [0.05, 0.1) is 0 Å². The second-order valence-electron chi connectivity index (χ2n) is 3.11. The zero-order valence-corrected chi connectivity index (χ0v) is 9.55. The van der Waals surface area contributed by atoms with Crippen LogP contribution in [0.4, 0.5) is 0 Å². The molecule has 0 saturated heterocycles. The van der Waals surface area contributed by atoms with Crippen molar-refractivity contribution in [1.82, 2.24) is 15.4 Å². The number of carbonyl (C=O) groups is 1. The number of unbranched alkanes of at least 4 members (excludes halogenated alkanes) is 1. The normalized spacial score (nSPS) is 10.1. The lowest BCUT2D eigenvalue weighted by Crippen LogP contribution is -2.29. The average Bonchev–Trinajstić information content (AvgIpc) is 2.28. The molecule has 0 aliphatic heterocycles. The molecule has 1 aromatic heterocycles. The number of thioether (sulfide) groups is 1. The molecule has 0 spiro atoms. The van der Waals surface area contributed by atoms with Crippen molar-refractivity contribution < 1.29 is 4.79 Å². The largest absolute Gasteiger partial charge is 0.301 e. The summed E-state index contributed by atoms with van der Waals surface area (Å²) < 4.78 is 0. The van der Waals surface area contributed by atoms with Crippen molar-refractivity contribution in [3.8, 4) is 0 Å². The van der Waals surface area contributed by atoms with E-state index in [0.29, 0.717) is 11.6 Å². The predicted molar refractivity (Wildman–Crippen MR) is 61.8 cm³/mol. The highest BCUT2D eigenvalue weighted by Gasteiger charge is 1.99. The van der Waals surface area contributed by atoms with Gasteiger partial charge in [0.2, 0.25) is 5.91 Å². The van der Waals surface area contributed by atoms with Gasteiger partial charge in [-0.25, -0.2) is 10.8 Å². The minimum atomic E-state index is -0.156. The summed E-state index contributed by atoms with van der Waals surface area (Å²) in [5.74, 6) is 5.59. The van der Waals surface area contributed by atoms with E-state index >= 15 is 0 Å². The summed E-state index contributed by atoms with van der Waals surface area (Å²) in [5.41, 5.74) is 1.92. The molecule has 6 nitrogen and oxygen atoms in total. The molecule has 0 bridgehead atoms. The molecule has 0 atom stereocenters. The number of aromatic nitrogens is 2. The highest BCUT2D eigenvalue weighted by atomic mass is 32.2. The molecule has 0 aliphatic carbocycles. The second kappa shape index (κ2) is 7.02. The van der Waals surface area contributed by atoms with Gasteiger partial charge in [-0.1, -0.05) is 11.8 Å². The van der Waals surface area contributed by atoms with E-state index in [1.807, 2.05) is 0 Å². The van der Waals surface area contributed by atoms with Gasteiger partial charge in [-0.2, -0.15) is 0 Å². The zero-order valence-electron chi connectivity index (χ0n) is 8.73. The van der Waals surface area contributed by atoms with Crippen LogP contribution in [-0.2, 0) is 4.79 Å². The predicted octanol–water partition coefficient (Wildman–Crippen LogP) is 0.0222. The third kappa shape index (κ3) is 4.94. The van der Waals surface area contributed by atoms with Gasteiger partial charge in [-0.15, -0.1) is 0 Å². The smallest absolute Gasteiger partial charge is 0.251 e. The maximum atomic E-state index is 10.9. The Morgan fingerprint density at radius 2 is 2.38 bits per heavy atom. The van der Waals surface area contributed by atoms with E-state index in [1.54, 1.807) is 0 Å². The van der Waals surface area contributed by atoms with Crippen LogP contribution >= 0.6 is 11.8 Å². The number of nitrogens with one attached hydrogen (secondary N) is 2. The fraction of sp³-hybridized carbons (Fsp3) is 0.444. The molecule has 4 N–H and O–H groups in total. The quantitative estimate of drug-likeness (QED) is 0.163. The molecule has 0 fully saturated rings. The molecule has 16 heavy (non-hydrogen) atoms. The standard InChI is InChI=1S/C9H14N4O2S/c10-13-8(15)3-1-2-6-16-9-11-5-4-7(14)12-9/h4-5H,1-3,6,10H2,(H,13,15)(H,11,12,14). The van der Waals surface area contributed by atoms with E-state index in [1.165, 1.54) is 24.0 Å². The van der Waals surface area contributed by atoms with Crippen LogP contribution in [0.2, 0.25) is 0 Å². The molecule has 0 aromatic carbocycles. The Bertz CT molecular complexity index is 393. The van der Waals surface area contributed by atoms with E-state index in [-0.39, 0.29) is 11.5 Å². The summed E-state index contributed by atoms with van der Waals surface area (Å²) in [5, 5.41) is 0.607. The lowest BCUT2D eigenvalue weighted by atomic mass is 10.2. The minimum Gasteiger partial charge on any atom is -0.301 e. The van der Waals surface area contributed by atoms with Crippen LogP contribution in [0, 0.1) is 0 Å². The molecule has 1 amide bonds. The molecular formula is C9H14N4O2S. The molecule has 0 aliphatic rings. The zero-order chi connectivity index (χ0) is 11.8. The highest BCUT2D eigenvalue weighted by Crippen LogP contribution is 2.12. The van der Waals surface area contributed by atoms with Gasteiger partial charge in [0.25, 0.3) is 5.56 Å². The molecule has 0 unspecified atom stereocenters. The maximum absolute atomic E-state index is 10.9. The number of rotatable bonds is 6. The number of hydrogen-bond donors (Lipinski definition) is 3. The van der Waals surface area contributed by atoms with Crippen LogP contribution in [-0.4, -0.2) is 21.6 Å². The molecule has 7 heteroatoms. The Balaban J connectivity index is 2.16. The van der Waals surface area contributed by atoms with Gasteiger partial charge in [0, 0.05) is 24.4 Å². The Labute approximate surface area is 97.0 Å². The summed E-state index contributed by atoms with van der Waals surface area (Å²) in [6.45, 7) is 0. The van der Waals surface area contributed by atoms with E-state index in [4.69, 9.17) is 5.84 Å². The molecule has 1 aromatic rings. The van der Waals surface area contributed by atoms with Gasteiger partial charge in [-0.3, -0.25) is 15.0 Å². The van der Waals surface area contributed by atoms with Gasteiger partial charge in [0.15, 0.2) is 5.16 Å². The number of H-pyrrole nitrogens is 1. The third-order valence-corrected chi connectivity index (χ3v) is 2.82. The van der Waals surface area contributed by atoms with Crippen molar-refractivity contribution in [2.45, 2.75) is 24.4 Å². The minimum absolute atomic E-state index is 0.153. The molecule has 88 valence electrons. The third-order valence-electron chi connectivity index (χ3n) is 1.85. The van der Waals surface area contributed by atoms with Crippen LogP contribution in [0.1, 0.15) is 19.3 Å². The summed E-state index contributed by atoms with van der Waals surface area (Å²) in [6, 6.07) is 1.37. The summed E-state index contributed by atoms with van der Waals surface area (Å²) in [4.78, 5) is 28.3. The number of nitrogens with two attached hydrogens (primary N) is 1. The number of hydrogen-bond acceptors (Lipinski definition) is 5. The Morgan fingerprint density at radius 1 is 1.56 bits per heavy atom. The van der Waals surface area contributed by atoms with Crippen LogP contribution < -0.4 is 16.8 Å². The van der Waals surface area contributed by atoms with E-state index < -0.39 is 0 Å². The van der Waals surface area contributed by atoms with Crippen molar-refractivity contribution in [2.75, 3.05) is 5.75 Å². The first-order chi connectivity index (χ1) is 7.72. The van der Waals surface area contributed by atoms with Crippen molar-refractivity contribution in [2.24, 2.45) is 5.84 Å². The SMILES string of the molecule is NNC(=O)CCCCSc1nccc(=O)[nH]1. The van der Waals surface area contributed by atoms with Crippen LogP contribution in [0.25, 0.3) is 0 Å². The Hall–Kier alpha value is -1.34. The summed E-state index contributed by atoms with van der Waals surface area (Å²) >= 11 is 1.46. The lowest BCUT2D eigenvalue weighted by molar-refractivity contribution is -0.121. The number of nitrogens with zero attached hydrogens (tertiary/aromatic N) is 1. The fourth-order valence-electron chi connectivity index (χ4n) is 1.05. The molecular weight excluding hydrogens is 228 g/mol. The summed E-state index contributed by atoms with van der Waals surface area (Å²) in [7, 11) is 0. The maximum Gasteiger partial charge on any atom is 0.251 e. The van der Waals surface area contributed by atoms with Gasteiger partial charge in [-0.05, 0) is 12.8 Å². The number of hydrazine groups is 1. The fourth-order valence-corrected chi connectivity index (χ4v) is 1.90. The van der Waals surface area contributed by atoms with Crippen LogP contribution in [0.5, 0.6) is 0 Å². The van der Waals surface area contributed by atoms with Crippen molar-refractivity contribution in [3.63, 3.8) is 0 Å². The highest BCUT2D eigenvalue weighted by molar-refractivity contribution is 7.99. The molecule has 1 heterocycles. The van der Waals surface area contributed by atoms with Crippen LogP contribution in [0.3, 0.4) is 0 Å². The Kier molecular flexibility index (Phi) is 5.58. The summed E-state index contributed by atoms with van der Waals surface area (Å²) in [6.07, 6.45) is 3.54. The van der Waals surface area contributed by atoms with Crippen LogP contribution in [0.15, 0.2) is 22.2 Å². The Morgan fingerprint density at radius 3 is 3.06 bits per heavy atom. The van der Waals surface area contributed by atoms with E-state index in [2.05, 4.69) is 15.4 Å². The monoisotopic (exact) mass is 242 g/mol. The average molecular weight is 242 g/mol. The van der Waals surface area contributed by atoms with Gasteiger partial charge < -0.3 is 4.98 Å². The number of aromatic amines is 1. The van der Waals surface area contributed by atoms with Crippen molar-refractivity contribution in [1.29, 1.82) is 0 Å². The topological polar surface area (TPSA) is 101 Å². The van der Waals surface area contributed by atoms with Gasteiger partial charge >= 0.3 is 0 Å². The molecule has 1 rings (SSSR count). The molecule has 0 saturated carbocycles. The second-order valence-corrected chi connectivity index (χ2v) is 4.20. The van der Waals surface area contributed by atoms with Gasteiger partial charge in [0.1, 0.15) is 0 Å². The van der Waals surface area contributed by atoms with E-state index in [9.17, 15) is 9.59 Å². The molecule has 0 radical (unpaired) electrons. The van der Waals surface area contributed by atoms with Crippen molar-refractivity contribution >= 4 is 17.7 Å². The van der Waals surface area contributed by atoms with E-state index in [0.717, 1.165) is 18.6 Å². The number of amides is 1. The lowest BCUT2D eigenvalue weighted by Gasteiger charge is -2.00. The van der Waals surface area contributed by atoms with Crippen molar-refractivity contribution in [3.05, 3.63) is 22.6 Å². The number of carbonyl (C=O) groups excluding carboxylic acids is 1. The first-order valence-electron chi connectivity index (χ1n) is 4.90.